The van der Waals surface area contributed by atoms with Crippen LogP contribution in [-0.2, 0) is 19.4 Å². The highest BCUT2D eigenvalue weighted by Gasteiger charge is 2.30. The van der Waals surface area contributed by atoms with Gasteiger partial charge in [-0.3, -0.25) is 14.8 Å². The van der Waals surface area contributed by atoms with E-state index in [1.807, 2.05) is 6.20 Å². The zero-order valence-corrected chi connectivity index (χ0v) is 15.4. The van der Waals surface area contributed by atoms with Gasteiger partial charge in [-0.25, -0.2) is 4.79 Å². The predicted octanol–water partition coefficient (Wildman–Crippen LogP) is 2.88. The first-order chi connectivity index (χ1) is 12.5. The fourth-order valence-electron chi connectivity index (χ4n) is 4.26. The molecule has 0 radical (unpaired) electrons. The van der Waals surface area contributed by atoms with Crippen molar-refractivity contribution in [3.63, 3.8) is 0 Å². The number of nitrogens with one attached hydrogen (secondary N) is 1. The van der Waals surface area contributed by atoms with E-state index in [1.165, 1.54) is 49.1 Å². The molecule has 26 heavy (non-hydrogen) atoms. The van der Waals surface area contributed by atoms with Crippen LogP contribution in [0.5, 0.6) is 0 Å². The van der Waals surface area contributed by atoms with Gasteiger partial charge >= 0.3 is 6.03 Å². The first-order valence-corrected chi connectivity index (χ1v) is 9.93. The lowest BCUT2D eigenvalue weighted by Crippen LogP contribution is -2.22. The van der Waals surface area contributed by atoms with E-state index in [9.17, 15) is 9.59 Å². The average Bonchev–Trinajstić information content (AvgIpc) is 3.16. The van der Waals surface area contributed by atoms with Crippen molar-refractivity contribution < 1.29 is 9.59 Å². The van der Waals surface area contributed by atoms with Crippen LogP contribution in [0.2, 0.25) is 0 Å². The molecule has 2 aromatic heterocycles. The summed E-state index contributed by atoms with van der Waals surface area (Å²) in [5, 5.41) is 7.61. The van der Waals surface area contributed by atoms with Gasteiger partial charge in [-0.1, -0.05) is 19.3 Å². The molecule has 3 amide bonds. The highest BCUT2D eigenvalue weighted by Crippen LogP contribution is 2.45. The third-order valence-corrected chi connectivity index (χ3v) is 6.63. The van der Waals surface area contributed by atoms with Crippen LogP contribution in [0, 0.1) is 5.92 Å². The molecule has 2 aliphatic rings. The maximum atomic E-state index is 11.9. The van der Waals surface area contributed by atoms with E-state index in [-0.39, 0.29) is 0 Å². The zero-order chi connectivity index (χ0) is 18.3. The van der Waals surface area contributed by atoms with E-state index >= 15 is 0 Å². The second-order valence-electron chi connectivity index (χ2n) is 7.16. The summed E-state index contributed by atoms with van der Waals surface area (Å²) in [6.07, 6.45) is 9.94. The molecular formula is C18H23N5O2S. The van der Waals surface area contributed by atoms with Gasteiger partial charge in [0, 0.05) is 22.7 Å². The summed E-state index contributed by atoms with van der Waals surface area (Å²) >= 11 is 1.35. The fraction of sp³-hybridized carbons (Fsp3) is 0.500. The number of thiophene rings is 1. The number of carbonyl (C=O) groups is 2. The Morgan fingerprint density at radius 1 is 1.23 bits per heavy atom. The summed E-state index contributed by atoms with van der Waals surface area (Å²) in [7, 11) is 0. The monoisotopic (exact) mass is 373 g/mol. The summed E-state index contributed by atoms with van der Waals surface area (Å²) < 4.78 is 2.14. The van der Waals surface area contributed by atoms with Crippen molar-refractivity contribution in [2.24, 2.45) is 17.4 Å². The van der Waals surface area contributed by atoms with Crippen LogP contribution in [0.4, 0.5) is 9.80 Å². The molecule has 5 N–H and O–H groups in total. The minimum Gasteiger partial charge on any atom is -0.365 e. The van der Waals surface area contributed by atoms with Crippen LogP contribution in [0.1, 0.15) is 53.7 Å². The molecule has 138 valence electrons. The van der Waals surface area contributed by atoms with Crippen molar-refractivity contribution in [3.8, 4) is 10.4 Å². The van der Waals surface area contributed by atoms with Gasteiger partial charge in [0.25, 0.3) is 5.91 Å². The smallest absolute Gasteiger partial charge is 0.317 e. The van der Waals surface area contributed by atoms with Gasteiger partial charge in [-0.15, -0.1) is 11.3 Å². The molecule has 0 saturated heterocycles. The van der Waals surface area contributed by atoms with E-state index in [2.05, 4.69) is 15.1 Å². The van der Waals surface area contributed by atoms with Crippen LogP contribution < -0.4 is 16.8 Å². The van der Waals surface area contributed by atoms with Gasteiger partial charge < -0.3 is 11.5 Å². The molecular weight excluding hydrogens is 350 g/mol. The van der Waals surface area contributed by atoms with Crippen LogP contribution in [-0.4, -0.2) is 21.7 Å². The topological polar surface area (TPSA) is 116 Å². The Bertz CT molecular complexity index is 863. The standard InChI is InChI=1S/C18H23N5O2S/c19-16(24)14-11-6-7-13-12(15(11)26-17(14)22-18(20)25)8-21-23(13)9-10-4-2-1-3-5-10/h8,10H,1-7,9H2,(H2,19,24)(H3,20,22,25). The quantitative estimate of drug-likeness (QED) is 0.765. The molecule has 0 unspecified atom stereocenters. The molecule has 2 aromatic rings. The Morgan fingerprint density at radius 2 is 2.00 bits per heavy atom. The number of aromatic nitrogens is 2. The third-order valence-electron chi connectivity index (χ3n) is 5.45. The number of nitrogens with zero attached hydrogens (tertiary/aromatic N) is 2. The molecule has 4 rings (SSSR count). The van der Waals surface area contributed by atoms with Crippen LogP contribution in [0.25, 0.3) is 10.4 Å². The maximum absolute atomic E-state index is 11.9. The number of carbonyl (C=O) groups excluding carboxylic acids is 2. The molecule has 0 bridgehead atoms. The molecule has 8 heteroatoms. The average molecular weight is 373 g/mol. The van der Waals surface area contributed by atoms with Crippen molar-refractivity contribution in [1.29, 1.82) is 0 Å². The Labute approximate surface area is 155 Å². The number of hydrogen-bond acceptors (Lipinski definition) is 4. The Balaban J connectivity index is 1.69. The first-order valence-electron chi connectivity index (χ1n) is 9.11. The lowest BCUT2D eigenvalue weighted by molar-refractivity contribution is 0.100. The molecule has 7 nitrogen and oxygen atoms in total. The summed E-state index contributed by atoms with van der Waals surface area (Å²) in [5.74, 6) is 0.162. The van der Waals surface area contributed by atoms with Crippen molar-refractivity contribution in [2.45, 2.75) is 51.5 Å². The number of urea groups is 1. The lowest BCUT2D eigenvalue weighted by Gasteiger charge is -2.23. The minimum absolute atomic E-state index is 0.384. The normalized spacial score (nSPS) is 16.8. The highest BCUT2D eigenvalue weighted by atomic mass is 32.1. The largest absolute Gasteiger partial charge is 0.365 e. The van der Waals surface area contributed by atoms with Crippen LogP contribution in [0.15, 0.2) is 6.20 Å². The van der Waals surface area contributed by atoms with Gasteiger partial charge in [0.15, 0.2) is 0 Å². The number of rotatable bonds is 4. The third kappa shape index (κ3) is 2.98. The Kier molecular flexibility index (Phi) is 4.44. The summed E-state index contributed by atoms with van der Waals surface area (Å²) in [6, 6.07) is -0.695. The second-order valence-corrected chi connectivity index (χ2v) is 8.18. The number of anilines is 1. The Hall–Kier alpha value is -2.35. The van der Waals surface area contributed by atoms with E-state index in [0.717, 1.165) is 29.0 Å². The van der Waals surface area contributed by atoms with E-state index < -0.39 is 11.9 Å². The SMILES string of the molecule is NC(=O)Nc1sc2c(c1C(N)=O)CCc1c-2cnn1CC1CCCCC1. The number of nitrogens with two attached hydrogens (primary N) is 2. The van der Waals surface area contributed by atoms with Gasteiger partial charge in [0.05, 0.1) is 11.8 Å². The summed E-state index contributed by atoms with van der Waals surface area (Å²) in [5.41, 5.74) is 14.3. The number of primary amides is 2. The molecule has 0 spiro atoms. The fourth-order valence-corrected chi connectivity index (χ4v) is 5.55. The van der Waals surface area contributed by atoms with E-state index in [1.54, 1.807) is 0 Å². The molecule has 2 aliphatic carbocycles. The van der Waals surface area contributed by atoms with Crippen molar-refractivity contribution >= 4 is 28.3 Å². The van der Waals surface area contributed by atoms with Crippen molar-refractivity contribution in [3.05, 3.63) is 23.0 Å². The van der Waals surface area contributed by atoms with E-state index in [0.29, 0.717) is 22.9 Å². The van der Waals surface area contributed by atoms with Gasteiger partial charge in [0.1, 0.15) is 5.00 Å². The van der Waals surface area contributed by atoms with E-state index in [4.69, 9.17) is 11.5 Å². The summed E-state index contributed by atoms with van der Waals surface area (Å²) in [4.78, 5) is 24.2. The molecule has 1 fully saturated rings. The van der Waals surface area contributed by atoms with Crippen molar-refractivity contribution in [2.75, 3.05) is 5.32 Å². The molecule has 1 saturated carbocycles. The summed E-state index contributed by atoms with van der Waals surface area (Å²) in [6.45, 7) is 0.963. The van der Waals surface area contributed by atoms with Crippen LogP contribution in [0.3, 0.4) is 0 Å². The maximum Gasteiger partial charge on any atom is 0.317 e. The second kappa shape index (κ2) is 6.75. The molecule has 2 heterocycles. The molecule has 0 aromatic carbocycles. The highest BCUT2D eigenvalue weighted by molar-refractivity contribution is 7.20. The number of amides is 3. The number of hydrogen-bond donors (Lipinski definition) is 3. The first kappa shape index (κ1) is 17.1. The Morgan fingerprint density at radius 3 is 2.69 bits per heavy atom. The molecule has 0 atom stereocenters. The minimum atomic E-state index is -0.695. The predicted molar refractivity (Wildman–Crippen MR) is 101 cm³/mol. The van der Waals surface area contributed by atoms with Crippen LogP contribution >= 0.6 is 11.3 Å². The molecule has 0 aliphatic heterocycles. The van der Waals surface area contributed by atoms with Crippen molar-refractivity contribution in [1.82, 2.24) is 9.78 Å². The van der Waals surface area contributed by atoms with Gasteiger partial charge in [0.2, 0.25) is 0 Å². The number of fused-ring (bicyclic) bond motifs is 3. The van der Waals surface area contributed by atoms with Gasteiger partial charge in [-0.2, -0.15) is 5.10 Å². The lowest BCUT2D eigenvalue weighted by atomic mass is 9.89. The zero-order valence-electron chi connectivity index (χ0n) is 14.6. The van der Waals surface area contributed by atoms with Gasteiger partial charge in [-0.05, 0) is 37.2 Å².